The average Bonchev–Trinajstić information content (AvgIpc) is 3.16. The van der Waals surface area contributed by atoms with Crippen LogP contribution in [0.5, 0.6) is 0 Å². The lowest BCUT2D eigenvalue weighted by molar-refractivity contribution is 0.532. The van der Waals surface area contributed by atoms with Gasteiger partial charge in [-0.2, -0.15) is 0 Å². The van der Waals surface area contributed by atoms with Crippen LogP contribution in [0.1, 0.15) is 38.6 Å². The Hall–Kier alpha value is -1.50. The SMILES string of the molecule is CCCCN[C@@H](C)c1nc2scc(-c3cccs3)c2c(=O)[nH]1. The number of H-pyrrole nitrogens is 1. The highest BCUT2D eigenvalue weighted by Crippen LogP contribution is 2.33. The van der Waals surface area contributed by atoms with Crippen LogP contribution in [0.25, 0.3) is 20.7 Å². The number of aromatic nitrogens is 2. The van der Waals surface area contributed by atoms with E-state index in [-0.39, 0.29) is 11.6 Å². The first-order valence-corrected chi connectivity index (χ1v) is 9.25. The number of unbranched alkanes of at least 4 members (excludes halogenated alkanes) is 1. The third kappa shape index (κ3) is 2.99. The molecule has 116 valence electrons. The topological polar surface area (TPSA) is 57.8 Å². The first-order valence-electron chi connectivity index (χ1n) is 7.49. The Balaban J connectivity index is 1.95. The van der Waals surface area contributed by atoms with Crippen LogP contribution < -0.4 is 10.9 Å². The van der Waals surface area contributed by atoms with Crippen LogP contribution in [0.15, 0.2) is 27.7 Å². The molecular formula is C16H19N3OS2. The van der Waals surface area contributed by atoms with Crippen molar-refractivity contribution in [2.45, 2.75) is 32.7 Å². The van der Waals surface area contributed by atoms with E-state index >= 15 is 0 Å². The van der Waals surface area contributed by atoms with Crippen molar-refractivity contribution >= 4 is 32.9 Å². The van der Waals surface area contributed by atoms with E-state index in [0.717, 1.165) is 34.7 Å². The quantitative estimate of drug-likeness (QED) is 0.666. The third-order valence-corrected chi connectivity index (χ3v) is 5.42. The highest BCUT2D eigenvalue weighted by atomic mass is 32.1. The van der Waals surface area contributed by atoms with Gasteiger partial charge in [0.05, 0.1) is 11.4 Å². The fourth-order valence-electron chi connectivity index (χ4n) is 2.38. The molecule has 2 N–H and O–H groups in total. The molecule has 0 aliphatic rings. The molecule has 0 aliphatic carbocycles. The molecule has 0 spiro atoms. The van der Waals surface area contributed by atoms with E-state index in [1.807, 2.05) is 29.8 Å². The zero-order valence-corrected chi connectivity index (χ0v) is 14.3. The van der Waals surface area contributed by atoms with Crippen LogP contribution in [-0.2, 0) is 0 Å². The molecule has 3 heterocycles. The average molecular weight is 333 g/mol. The maximum absolute atomic E-state index is 12.5. The summed E-state index contributed by atoms with van der Waals surface area (Å²) in [5.74, 6) is 0.716. The van der Waals surface area contributed by atoms with Crippen molar-refractivity contribution in [3.8, 4) is 10.4 Å². The molecule has 6 heteroatoms. The van der Waals surface area contributed by atoms with Crippen molar-refractivity contribution in [2.24, 2.45) is 0 Å². The molecule has 0 unspecified atom stereocenters. The maximum Gasteiger partial charge on any atom is 0.260 e. The fraction of sp³-hybridized carbons (Fsp3) is 0.375. The lowest BCUT2D eigenvalue weighted by Crippen LogP contribution is -2.24. The number of thiophene rings is 2. The number of hydrogen-bond acceptors (Lipinski definition) is 5. The molecule has 4 nitrogen and oxygen atoms in total. The summed E-state index contributed by atoms with van der Waals surface area (Å²) in [6, 6.07) is 4.09. The number of rotatable bonds is 6. The van der Waals surface area contributed by atoms with Crippen molar-refractivity contribution in [2.75, 3.05) is 6.54 Å². The summed E-state index contributed by atoms with van der Waals surface area (Å²) in [5.41, 5.74) is 0.940. The summed E-state index contributed by atoms with van der Waals surface area (Å²) in [7, 11) is 0. The van der Waals surface area contributed by atoms with Gasteiger partial charge in [0, 0.05) is 15.8 Å². The summed E-state index contributed by atoms with van der Waals surface area (Å²) in [6.07, 6.45) is 2.27. The zero-order chi connectivity index (χ0) is 15.5. The van der Waals surface area contributed by atoms with E-state index in [0.29, 0.717) is 11.2 Å². The Morgan fingerprint density at radius 2 is 2.27 bits per heavy atom. The van der Waals surface area contributed by atoms with E-state index in [1.54, 1.807) is 11.3 Å². The lowest BCUT2D eigenvalue weighted by atomic mass is 10.2. The predicted molar refractivity (Wildman–Crippen MR) is 94.9 cm³/mol. The van der Waals surface area contributed by atoms with Crippen LogP contribution in [0.2, 0.25) is 0 Å². The molecule has 0 aliphatic heterocycles. The van der Waals surface area contributed by atoms with E-state index in [4.69, 9.17) is 0 Å². The minimum absolute atomic E-state index is 0.0474. The van der Waals surface area contributed by atoms with Gasteiger partial charge in [0.1, 0.15) is 10.7 Å². The van der Waals surface area contributed by atoms with Gasteiger partial charge in [-0.1, -0.05) is 19.4 Å². The van der Waals surface area contributed by atoms with Crippen LogP contribution >= 0.6 is 22.7 Å². The first-order chi connectivity index (χ1) is 10.7. The van der Waals surface area contributed by atoms with Gasteiger partial charge in [-0.3, -0.25) is 4.79 Å². The molecule has 0 aromatic carbocycles. The third-order valence-electron chi connectivity index (χ3n) is 3.64. The van der Waals surface area contributed by atoms with Crippen LogP contribution in [-0.4, -0.2) is 16.5 Å². The van der Waals surface area contributed by atoms with Crippen molar-refractivity contribution in [1.29, 1.82) is 0 Å². The summed E-state index contributed by atoms with van der Waals surface area (Å²) in [5, 5.41) is 8.15. The molecule has 0 saturated carbocycles. The maximum atomic E-state index is 12.5. The van der Waals surface area contributed by atoms with Crippen LogP contribution in [0.3, 0.4) is 0 Å². The molecular weight excluding hydrogens is 314 g/mol. The molecule has 0 fully saturated rings. The minimum Gasteiger partial charge on any atom is -0.309 e. The monoisotopic (exact) mass is 333 g/mol. The largest absolute Gasteiger partial charge is 0.309 e. The predicted octanol–water partition coefficient (Wildman–Crippen LogP) is 4.16. The van der Waals surface area contributed by atoms with Crippen molar-refractivity contribution < 1.29 is 0 Å². The molecule has 3 aromatic heterocycles. The van der Waals surface area contributed by atoms with Crippen molar-refractivity contribution in [3.05, 3.63) is 39.1 Å². The number of fused-ring (bicyclic) bond motifs is 1. The Morgan fingerprint density at radius 1 is 1.41 bits per heavy atom. The van der Waals surface area contributed by atoms with Gasteiger partial charge in [-0.15, -0.1) is 22.7 Å². The van der Waals surface area contributed by atoms with E-state index in [2.05, 4.69) is 22.2 Å². The number of aromatic amines is 1. The van der Waals surface area contributed by atoms with Crippen LogP contribution in [0.4, 0.5) is 0 Å². The smallest absolute Gasteiger partial charge is 0.260 e. The summed E-state index contributed by atoms with van der Waals surface area (Å²) < 4.78 is 0. The van der Waals surface area contributed by atoms with Crippen LogP contribution in [0, 0.1) is 0 Å². The second-order valence-corrected chi connectivity index (χ2v) is 7.09. The fourth-order valence-corrected chi connectivity index (χ4v) is 4.15. The van der Waals surface area contributed by atoms with E-state index in [1.165, 1.54) is 11.3 Å². The van der Waals surface area contributed by atoms with Crippen molar-refractivity contribution in [3.63, 3.8) is 0 Å². The molecule has 1 atom stereocenters. The Kier molecular flexibility index (Phi) is 4.71. The number of nitrogens with zero attached hydrogens (tertiary/aromatic N) is 1. The van der Waals surface area contributed by atoms with Crippen molar-refractivity contribution in [1.82, 2.24) is 15.3 Å². The number of nitrogens with one attached hydrogen (secondary N) is 2. The van der Waals surface area contributed by atoms with Gasteiger partial charge in [0.15, 0.2) is 0 Å². The zero-order valence-electron chi connectivity index (χ0n) is 12.7. The molecule has 3 aromatic rings. The second kappa shape index (κ2) is 6.73. The van der Waals surface area contributed by atoms with Gasteiger partial charge in [-0.25, -0.2) is 4.98 Å². The Labute approximate surface area is 137 Å². The Bertz CT molecular complexity index is 805. The highest BCUT2D eigenvalue weighted by Gasteiger charge is 2.15. The number of hydrogen-bond donors (Lipinski definition) is 2. The van der Waals surface area contributed by atoms with Gasteiger partial charge >= 0.3 is 0 Å². The van der Waals surface area contributed by atoms with Gasteiger partial charge in [-0.05, 0) is 31.3 Å². The summed E-state index contributed by atoms with van der Waals surface area (Å²) >= 11 is 3.18. The Morgan fingerprint density at radius 3 is 3.00 bits per heavy atom. The van der Waals surface area contributed by atoms with Gasteiger partial charge in [0.2, 0.25) is 0 Å². The lowest BCUT2D eigenvalue weighted by Gasteiger charge is -2.12. The molecule has 0 bridgehead atoms. The van der Waals surface area contributed by atoms with E-state index < -0.39 is 0 Å². The van der Waals surface area contributed by atoms with Gasteiger partial charge < -0.3 is 10.3 Å². The highest BCUT2D eigenvalue weighted by molar-refractivity contribution is 7.18. The molecule has 0 amide bonds. The standard InChI is InChI=1S/C16H19N3OS2/c1-3-4-7-17-10(2)14-18-15(20)13-11(9-22-16(13)19-14)12-6-5-8-21-12/h5-6,8-10,17H,3-4,7H2,1-2H3,(H,18,19,20)/t10-/m0/s1. The van der Waals surface area contributed by atoms with E-state index in [9.17, 15) is 4.79 Å². The molecule has 0 saturated heterocycles. The molecule has 22 heavy (non-hydrogen) atoms. The summed E-state index contributed by atoms with van der Waals surface area (Å²) in [6.45, 7) is 5.13. The second-order valence-electron chi connectivity index (χ2n) is 5.29. The normalized spacial score (nSPS) is 12.8. The molecule has 0 radical (unpaired) electrons. The first kappa shape index (κ1) is 15.4. The van der Waals surface area contributed by atoms with Gasteiger partial charge in [0.25, 0.3) is 5.56 Å². The summed E-state index contributed by atoms with van der Waals surface area (Å²) in [4.78, 5) is 22.0. The minimum atomic E-state index is -0.0474. The molecule has 3 rings (SSSR count).